The van der Waals surface area contributed by atoms with E-state index in [0.29, 0.717) is 5.69 Å². The van der Waals surface area contributed by atoms with Gasteiger partial charge in [0.15, 0.2) is 11.4 Å². The van der Waals surface area contributed by atoms with Crippen molar-refractivity contribution in [2.75, 3.05) is 6.26 Å². The molecule has 0 aliphatic heterocycles. The Balaban J connectivity index is 3.19. The molecule has 0 radical (unpaired) electrons. The third-order valence-electron chi connectivity index (χ3n) is 1.77. The summed E-state index contributed by atoms with van der Waals surface area (Å²) < 4.78 is 0. The minimum atomic E-state index is -1.46. The molecule has 1 heterocycles. The Hall–Kier alpha value is -0.553. The Morgan fingerprint density at radius 2 is 2.08 bits per heavy atom. The van der Waals surface area contributed by atoms with Crippen LogP contribution in [-0.4, -0.2) is 30.6 Å². The average Bonchev–Trinajstić information content (AvgIpc) is 2.46. The number of nitrogens with one attached hydrogen (secondary N) is 1. The van der Waals surface area contributed by atoms with Crippen LogP contribution in [0.4, 0.5) is 0 Å². The second kappa shape index (κ2) is 3.67. The van der Waals surface area contributed by atoms with Crippen molar-refractivity contribution in [3.8, 4) is 0 Å². The number of thioether (sulfide) groups is 1. The molecule has 1 aromatic rings. The number of carbonyl (C=O) groups is 1. The van der Waals surface area contributed by atoms with Crippen LogP contribution in [0.15, 0.2) is 5.16 Å². The van der Waals surface area contributed by atoms with Gasteiger partial charge in [-0.1, -0.05) is 31.4 Å². The first-order valence-corrected chi connectivity index (χ1v) is 8.81. The molecule has 3 nitrogen and oxygen atoms in total. The zero-order valence-electron chi connectivity index (χ0n) is 8.34. The van der Waals surface area contributed by atoms with E-state index in [4.69, 9.17) is 0 Å². The first kappa shape index (κ1) is 10.5. The maximum atomic E-state index is 10.7. The van der Waals surface area contributed by atoms with Crippen LogP contribution < -0.4 is 5.32 Å². The van der Waals surface area contributed by atoms with Crippen molar-refractivity contribution in [3.05, 3.63) is 5.69 Å². The summed E-state index contributed by atoms with van der Waals surface area (Å²) in [6.45, 7) is 6.58. The van der Waals surface area contributed by atoms with Crippen LogP contribution in [0.1, 0.15) is 10.5 Å². The number of H-pyrrole nitrogens is 1. The van der Waals surface area contributed by atoms with Gasteiger partial charge in [0.25, 0.3) is 0 Å². The first-order valence-electron chi connectivity index (χ1n) is 4.08. The highest BCUT2D eigenvalue weighted by atomic mass is 32.2. The van der Waals surface area contributed by atoms with Crippen LogP contribution in [0.25, 0.3) is 0 Å². The standard InChI is InChI=1S/C8H14N2OSSi/c1-12-8-9-6(5-11)7(10-8)13(2,3)4/h5H,1-4H3,(H,9,10). The molecule has 0 saturated heterocycles. The van der Waals surface area contributed by atoms with Crippen molar-refractivity contribution in [1.82, 2.24) is 9.97 Å². The minimum Gasteiger partial charge on any atom is -0.340 e. The van der Waals surface area contributed by atoms with E-state index in [0.717, 1.165) is 16.8 Å². The summed E-state index contributed by atoms with van der Waals surface area (Å²) in [6.07, 6.45) is 2.78. The smallest absolute Gasteiger partial charge is 0.169 e. The largest absolute Gasteiger partial charge is 0.340 e. The van der Waals surface area contributed by atoms with E-state index in [2.05, 4.69) is 29.6 Å². The molecular formula is C8H14N2OSSi. The summed E-state index contributed by atoms with van der Waals surface area (Å²) in [5.74, 6) is 0. The zero-order chi connectivity index (χ0) is 10.1. The Morgan fingerprint density at radius 1 is 1.46 bits per heavy atom. The van der Waals surface area contributed by atoms with Crippen molar-refractivity contribution in [2.24, 2.45) is 0 Å². The molecular weight excluding hydrogens is 200 g/mol. The lowest BCUT2D eigenvalue weighted by Gasteiger charge is -2.13. The van der Waals surface area contributed by atoms with Gasteiger partial charge in [0.1, 0.15) is 13.8 Å². The highest BCUT2D eigenvalue weighted by molar-refractivity contribution is 7.98. The lowest BCUT2D eigenvalue weighted by molar-refractivity contribution is 0.112. The molecule has 1 aromatic heterocycles. The number of nitrogens with zero attached hydrogens (tertiary/aromatic N) is 1. The monoisotopic (exact) mass is 214 g/mol. The van der Waals surface area contributed by atoms with Gasteiger partial charge in [-0.3, -0.25) is 4.79 Å². The molecule has 0 unspecified atom stereocenters. The number of carbonyl (C=O) groups excluding carboxylic acids is 1. The molecule has 0 aliphatic rings. The maximum absolute atomic E-state index is 10.7. The lowest BCUT2D eigenvalue weighted by atomic mass is 10.5. The van der Waals surface area contributed by atoms with Gasteiger partial charge in [-0.25, -0.2) is 4.98 Å². The van der Waals surface area contributed by atoms with Gasteiger partial charge in [0.2, 0.25) is 0 Å². The summed E-state index contributed by atoms with van der Waals surface area (Å²) in [5, 5.41) is 1.88. The number of imidazole rings is 1. The zero-order valence-corrected chi connectivity index (χ0v) is 10.2. The fraction of sp³-hybridized carbons (Fsp3) is 0.500. The molecule has 0 atom stereocenters. The van der Waals surface area contributed by atoms with Gasteiger partial charge in [0.05, 0.1) is 0 Å². The molecule has 72 valence electrons. The normalized spacial score (nSPS) is 11.7. The van der Waals surface area contributed by atoms with Crippen LogP contribution in [0.2, 0.25) is 19.6 Å². The molecule has 0 amide bonds. The molecule has 0 aliphatic carbocycles. The lowest BCUT2D eigenvalue weighted by Crippen LogP contribution is -2.41. The van der Waals surface area contributed by atoms with Crippen molar-refractivity contribution < 1.29 is 4.79 Å². The summed E-state index contributed by atoms with van der Waals surface area (Å²) in [5.41, 5.74) is 0.587. The predicted octanol–water partition coefficient (Wildman–Crippen LogP) is 1.49. The molecule has 0 fully saturated rings. The average molecular weight is 214 g/mol. The highest BCUT2D eigenvalue weighted by Gasteiger charge is 2.23. The highest BCUT2D eigenvalue weighted by Crippen LogP contribution is 2.10. The van der Waals surface area contributed by atoms with Crippen molar-refractivity contribution in [2.45, 2.75) is 24.8 Å². The van der Waals surface area contributed by atoms with Gasteiger partial charge in [0, 0.05) is 5.32 Å². The summed E-state index contributed by atoms with van der Waals surface area (Å²) >= 11 is 1.53. The first-order chi connectivity index (χ1) is 5.99. The van der Waals surface area contributed by atoms with E-state index in [1.165, 1.54) is 11.8 Å². The summed E-state index contributed by atoms with van der Waals surface area (Å²) in [6, 6.07) is 0. The van der Waals surface area contributed by atoms with Crippen molar-refractivity contribution in [3.63, 3.8) is 0 Å². The second-order valence-electron chi connectivity index (χ2n) is 3.87. The Kier molecular flexibility index (Phi) is 2.97. The molecule has 0 spiro atoms. The van der Waals surface area contributed by atoms with E-state index >= 15 is 0 Å². The number of hydrogen-bond donors (Lipinski definition) is 1. The van der Waals surface area contributed by atoms with Crippen LogP contribution in [0, 0.1) is 0 Å². The van der Waals surface area contributed by atoms with Gasteiger partial charge in [-0.15, -0.1) is 0 Å². The molecule has 0 saturated carbocycles. The van der Waals surface area contributed by atoms with Crippen LogP contribution >= 0.6 is 11.8 Å². The fourth-order valence-corrected chi connectivity index (χ4v) is 2.98. The second-order valence-corrected chi connectivity index (χ2v) is 9.67. The third kappa shape index (κ3) is 2.22. The quantitative estimate of drug-likeness (QED) is 0.471. The van der Waals surface area contributed by atoms with Gasteiger partial charge in [-0.05, 0) is 6.26 Å². The van der Waals surface area contributed by atoms with E-state index in [-0.39, 0.29) is 0 Å². The number of aromatic nitrogens is 2. The summed E-state index contributed by atoms with van der Waals surface area (Å²) in [4.78, 5) is 18.1. The third-order valence-corrected chi connectivity index (χ3v) is 4.23. The van der Waals surface area contributed by atoms with Crippen LogP contribution in [0.3, 0.4) is 0 Å². The van der Waals surface area contributed by atoms with Crippen molar-refractivity contribution in [1.29, 1.82) is 0 Å². The minimum absolute atomic E-state index is 0.587. The maximum Gasteiger partial charge on any atom is 0.169 e. The molecule has 0 bridgehead atoms. The fourth-order valence-electron chi connectivity index (χ4n) is 1.12. The van der Waals surface area contributed by atoms with E-state index in [1.807, 2.05) is 6.26 Å². The van der Waals surface area contributed by atoms with Crippen molar-refractivity contribution >= 4 is 31.4 Å². The van der Waals surface area contributed by atoms with Gasteiger partial charge < -0.3 is 4.98 Å². The van der Waals surface area contributed by atoms with E-state index in [1.54, 1.807) is 0 Å². The SMILES string of the molecule is CSc1nc(C=O)c([Si](C)(C)C)[nH]1. The Labute approximate surface area is 83.4 Å². The topological polar surface area (TPSA) is 45.8 Å². The van der Waals surface area contributed by atoms with E-state index in [9.17, 15) is 4.79 Å². The van der Waals surface area contributed by atoms with Crippen LogP contribution in [0.5, 0.6) is 0 Å². The Bertz CT molecular complexity index is 316. The number of hydrogen-bond acceptors (Lipinski definition) is 3. The van der Waals surface area contributed by atoms with Gasteiger partial charge in [-0.2, -0.15) is 0 Å². The van der Waals surface area contributed by atoms with Crippen LogP contribution in [-0.2, 0) is 0 Å². The number of aromatic amines is 1. The van der Waals surface area contributed by atoms with Gasteiger partial charge >= 0.3 is 0 Å². The predicted molar refractivity (Wildman–Crippen MR) is 58.7 cm³/mol. The molecule has 5 heteroatoms. The molecule has 1 rings (SSSR count). The number of rotatable bonds is 3. The molecule has 1 N–H and O–H groups in total. The Morgan fingerprint density at radius 3 is 2.38 bits per heavy atom. The summed E-state index contributed by atoms with van der Waals surface area (Å²) in [7, 11) is -1.46. The molecule has 0 aromatic carbocycles. The number of aldehydes is 1. The van der Waals surface area contributed by atoms with E-state index < -0.39 is 8.07 Å². The molecule has 13 heavy (non-hydrogen) atoms.